The summed E-state index contributed by atoms with van der Waals surface area (Å²) < 4.78 is 22.6. The van der Waals surface area contributed by atoms with Gasteiger partial charge in [-0.3, -0.25) is 9.69 Å². The highest BCUT2D eigenvalue weighted by atomic mass is 32.2. The van der Waals surface area contributed by atoms with Gasteiger partial charge in [0.05, 0.1) is 18.1 Å². The monoisotopic (exact) mass is 296 g/mol. The van der Waals surface area contributed by atoms with Crippen molar-refractivity contribution >= 4 is 15.7 Å². The van der Waals surface area contributed by atoms with Crippen LogP contribution in [0.1, 0.15) is 12.0 Å². The molecule has 1 aromatic rings. The van der Waals surface area contributed by atoms with E-state index >= 15 is 0 Å². The summed E-state index contributed by atoms with van der Waals surface area (Å²) in [6, 6.07) is 9.68. The molecule has 0 spiro atoms. The van der Waals surface area contributed by atoms with Crippen LogP contribution in [0.2, 0.25) is 0 Å². The topological polar surface area (TPSA) is 66.5 Å². The summed E-state index contributed by atoms with van der Waals surface area (Å²) in [6.07, 6.45) is 0.524. The number of benzene rings is 1. The van der Waals surface area contributed by atoms with E-state index in [1.54, 1.807) is 0 Å². The Labute approximate surface area is 119 Å². The molecule has 1 fully saturated rings. The van der Waals surface area contributed by atoms with Crippen LogP contribution in [-0.4, -0.2) is 50.4 Å². The van der Waals surface area contributed by atoms with Crippen LogP contribution in [0.5, 0.6) is 0 Å². The summed E-state index contributed by atoms with van der Waals surface area (Å²) in [5.74, 6) is 0.129. The van der Waals surface area contributed by atoms with Crippen LogP contribution in [-0.2, 0) is 21.2 Å². The van der Waals surface area contributed by atoms with Crippen LogP contribution in [0.4, 0.5) is 0 Å². The molecule has 1 aliphatic heterocycles. The number of carbonyl (C=O) groups is 1. The lowest BCUT2D eigenvalue weighted by Gasteiger charge is -2.18. The number of hydrogen-bond acceptors (Lipinski definition) is 4. The summed E-state index contributed by atoms with van der Waals surface area (Å²) in [6.45, 7) is 0.961. The predicted molar refractivity (Wildman–Crippen MR) is 78.0 cm³/mol. The highest BCUT2D eigenvalue weighted by molar-refractivity contribution is 7.91. The molecule has 1 saturated heterocycles. The van der Waals surface area contributed by atoms with Gasteiger partial charge in [0.1, 0.15) is 0 Å². The molecule has 6 heteroatoms. The zero-order valence-electron chi connectivity index (χ0n) is 11.6. The van der Waals surface area contributed by atoms with Crippen molar-refractivity contribution in [3.8, 4) is 0 Å². The minimum Gasteiger partial charge on any atom is -0.351 e. The fourth-order valence-electron chi connectivity index (χ4n) is 2.38. The van der Waals surface area contributed by atoms with Gasteiger partial charge in [0.2, 0.25) is 5.91 Å². The summed E-state index contributed by atoms with van der Waals surface area (Å²) >= 11 is 0. The Kier molecular flexibility index (Phi) is 4.77. The minimum absolute atomic E-state index is 0.0706. The maximum Gasteiger partial charge on any atom is 0.234 e. The van der Waals surface area contributed by atoms with Gasteiger partial charge in [-0.1, -0.05) is 30.3 Å². The molecular weight excluding hydrogens is 276 g/mol. The highest BCUT2D eigenvalue weighted by Gasteiger charge is 2.28. The zero-order valence-corrected chi connectivity index (χ0v) is 12.4. The molecule has 0 bridgehead atoms. The van der Waals surface area contributed by atoms with E-state index in [1.807, 2.05) is 42.3 Å². The normalized spacial score (nSPS) is 21.0. The minimum atomic E-state index is -2.95. The molecule has 110 valence electrons. The molecule has 5 nitrogen and oxygen atoms in total. The van der Waals surface area contributed by atoms with E-state index in [0.29, 0.717) is 13.0 Å². The van der Waals surface area contributed by atoms with Gasteiger partial charge in [-0.05, 0) is 19.0 Å². The lowest BCUT2D eigenvalue weighted by molar-refractivity contribution is -0.122. The summed E-state index contributed by atoms with van der Waals surface area (Å²) in [7, 11) is -1.07. The molecule has 0 saturated carbocycles. The fourth-order valence-corrected chi connectivity index (χ4v) is 4.05. The average molecular weight is 296 g/mol. The van der Waals surface area contributed by atoms with Crippen LogP contribution in [0.3, 0.4) is 0 Å². The second-order valence-corrected chi connectivity index (χ2v) is 7.55. The van der Waals surface area contributed by atoms with Crippen molar-refractivity contribution in [2.24, 2.45) is 0 Å². The van der Waals surface area contributed by atoms with E-state index in [9.17, 15) is 13.2 Å². The van der Waals surface area contributed by atoms with Crippen LogP contribution in [0, 0.1) is 0 Å². The van der Waals surface area contributed by atoms with E-state index < -0.39 is 9.84 Å². The lowest BCUT2D eigenvalue weighted by atomic mass is 10.2. The molecule has 1 heterocycles. The molecule has 1 N–H and O–H groups in total. The highest BCUT2D eigenvalue weighted by Crippen LogP contribution is 2.11. The Bertz CT molecular complexity index is 557. The van der Waals surface area contributed by atoms with Gasteiger partial charge in [-0.15, -0.1) is 0 Å². The van der Waals surface area contributed by atoms with Gasteiger partial charge < -0.3 is 5.32 Å². The maximum atomic E-state index is 11.9. The second kappa shape index (κ2) is 6.37. The fraction of sp³-hybridized carbons (Fsp3) is 0.500. The van der Waals surface area contributed by atoms with Crippen molar-refractivity contribution in [3.63, 3.8) is 0 Å². The first kappa shape index (κ1) is 15.0. The number of amides is 1. The number of hydrogen-bond donors (Lipinski definition) is 1. The first-order valence-corrected chi connectivity index (χ1v) is 8.49. The molecule has 2 rings (SSSR count). The number of sulfone groups is 1. The van der Waals surface area contributed by atoms with Gasteiger partial charge in [-0.2, -0.15) is 0 Å². The van der Waals surface area contributed by atoms with Crippen LogP contribution >= 0.6 is 0 Å². The molecular formula is C14H20N2O3S. The first-order valence-electron chi connectivity index (χ1n) is 6.67. The second-order valence-electron chi connectivity index (χ2n) is 5.33. The first-order chi connectivity index (χ1) is 9.44. The summed E-state index contributed by atoms with van der Waals surface area (Å²) in [5.41, 5.74) is 1.14. The van der Waals surface area contributed by atoms with E-state index in [0.717, 1.165) is 5.56 Å². The Morgan fingerprint density at radius 3 is 2.65 bits per heavy atom. The molecule has 1 amide bonds. The zero-order chi connectivity index (χ0) is 14.6. The Morgan fingerprint density at radius 2 is 2.05 bits per heavy atom. The van der Waals surface area contributed by atoms with E-state index in [-0.39, 0.29) is 30.0 Å². The quantitative estimate of drug-likeness (QED) is 0.855. The van der Waals surface area contributed by atoms with Gasteiger partial charge in [0.25, 0.3) is 0 Å². The Hall–Kier alpha value is -1.40. The standard InChI is InChI=1S/C14H20N2O3S/c1-16(9-12-5-3-2-4-6-12)10-14(17)15-13-7-8-20(18,19)11-13/h2-6,13H,7-11H2,1H3,(H,15,17). The van der Waals surface area contributed by atoms with Crippen molar-refractivity contribution in [1.29, 1.82) is 0 Å². The predicted octanol–water partition coefficient (Wildman–Crippen LogP) is 0.422. The van der Waals surface area contributed by atoms with Crippen molar-refractivity contribution in [2.75, 3.05) is 25.1 Å². The molecule has 20 heavy (non-hydrogen) atoms. The number of rotatable bonds is 5. The molecule has 1 unspecified atom stereocenters. The van der Waals surface area contributed by atoms with Crippen LogP contribution in [0.15, 0.2) is 30.3 Å². The van der Waals surface area contributed by atoms with E-state index in [1.165, 1.54) is 0 Å². The number of nitrogens with zero attached hydrogens (tertiary/aromatic N) is 1. The molecule has 1 atom stereocenters. The Morgan fingerprint density at radius 1 is 1.35 bits per heavy atom. The third kappa shape index (κ3) is 4.61. The number of carbonyl (C=O) groups excluding carboxylic acids is 1. The van der Waals surface area contributed by atoms with E-state index in [4.69, 9.17) is 0 Å². The smallest absolute Gasteiger partial charge is 0.234 e. The van der Waals surface area contributed by atoms with Gasteiger partial charge in [0.15, 0.2) is 9.84 Å². The summed E-state index contributed by atoms with van der Waals surface area (Å²) in [5, 5.41) is 2.79. The number of likely N-dealkylation sites (N-methyl/N-ethyl adjacent to an activating group) is 1. The van der Waals surface area contributed by atoms with Crippen molar-refractivity contribution in [2.45, 2.75) is 19.0 Å². The van der Waals surface area contributed by atoms with Gasteiger partial charge in [0, 0.05) is 12.6 Å². The van der Waals surface area contributed by atoms with E-state index in [2.05, 4.69) is 5.32 Å². The lowest BCUT2D eigenvalue weighted by Crippen LogP contribution is -2.41. The van der Waals surface area contributed by atoms with Crippen molar-refractivity contribution in [3.05, 3.63) is 35.9 Å². The third-order valence-corrected chi connectivity index (χ3v) is 5.07. The largest absolute Gasteiger partial charge is 0.351 e. The molecule has 0 aromatic heterocycles. The third-order valence-electron chi connectivity index (χ3n) is 3.31. The number of nitrogens with one attached hydrogen (secondary N) is 1. The molecule has 1 aliphatic rings. The SMILES string of the molecule is CN(CC(=O)NC1CCS(=O)(=O)C1)Cc1ccccc1. The van der Waals surface area contributed by atoms with Gasteiger partial charge >= 0.3 is 0 Å². The molecule has 1 aromatic carbocycles. The molecule has 0 aliphatic carbocycles. The van der Waals surface area contributed by atoms with Gasteiger partial charge in [-0.25, -0.2) is 8.42 Å². The van der Waals surface area contributed by atoms with Crippen LogP contribution in [0.25, 0.3) is 0 Å². The van der Waals surface area contributed by atoms with Crippen LogP contribution < -0.4 is 5.32 Å². The van der Waals surface area contributed by atoms with Crippen molar-refractivity contribution < 1.29 is 13.2 Å². The van der Waals surface area contributed by atoms with Crippen molar-refractivity contribution in [1.82, 2.24) is 10.2 Å². The maximum absolute atomic E-state index is 11.9. The average Bonchev–Trinajstić information content (AvgIpc) is 2.69. The molecule has 0 radical (unpaired) electrons. The Balaban J connectivity index is 1.77. The summed E-state index contributed by atoms with van der Waals surface area (Å²) in [4.78, 5) is 13.8.